The van der Waals surface area contributed by atoms with Crippen LogP contribution in [0.1, 0.15) is 60.4 Å². The highest BCUT2D eigenvalue weighted by Gasteiger charge is 2.34. The van der Waals surface area contributed by atoms with Crippen LogP contribution in [-0.4, -0.2) is 52.2 Å². The zero-order valence-electron chi connectivity index (χ0n) is 17.6. The van der Waals surface area contributed by atoms with Gasteiger partial charge in [-0.2, -0.15) is 0 Å². The molecular formula is C22H28N6O3. The highest BCUT2D eigenvalue weighted by Crippen LogP contribution is 2.27. The van der Waals surface area contributed by atoms with Crippen LogP contribution >= 0.6 is 0 Å². The Hall–Kier alpha value is -3.20. The first kappa shape index (κ1) is 21.0. The Morgan fingerprint density at radius 2 is 2.00 bits per heavy atom. The van der Waals surface area contributed by atoms with Gasteiger partial charge in [-0.25, -0.2) is 4.98 Å². The van der Waals surface area contributed by atoms with Crippen LogP contribution in [0.25, 0.3) is 0 Å². The molecule has 1 saturated carbocycles. The highest BCUT2D eigenvalue weighted by atomic mass is 16.5. The monoisotopic (exact) mass is 424 g/mol. The largest absolute Gasteiger partial charge is 0.488 e. The standard InChI is InChI=1S/C22H28N6O3/c1-13(28-11-17(12-28)31-16-8-6-14(7-9-16)19(24)29)20-26-21(18(10-23)22(30)27-20)25-15-4-2-3-5-15/h6-10,13,15,17,23H,2-5,11-12H2,1H3,(H2,24,29)(H2,25,26,27,30). The molecule has 1 saturated heterocycles. The Labute approximate surface area is 180 Å². The molecule has 9 nitrogen and oxygen atoms in total. The fourth-order valence-electron chi connectivity index (χ4n) is 4.13. The number of amides is 1. The number of hydrogen-bond acceptors (Lipinski definition) is 7. The summed E-state index contributed by atoms with van der Waals surface area (Å²) in [5, 5.41) is 11.0. The van der Waals surface area contributed by atoms with Gasteiger partial charge in [-0.15, -0.1) is 0 Å². The van der Waals surface area contributed by atoms with Crippen LogP contribution in [-0.2, 0) is 0 Å². The summed E-state index contributed by atoms with van der Waals surface area (Å²) in [5.74, 6) is 1.30. The van der Waals surface area contributed by atoms with E-state index in [0.29, 0.717) is 42.1 Å². The second kappa shape index (κ2) is 8.89. The van der Waals surface area contributed by atoms with E-state index in [1.807, 2.05) is 6.92 Å². The highest BCUT2D eigenvalue weighted by molar-refractivity contribution is 5.92. The van der Waals surface area contributed by atoms with Gasteiger partial charge in [0.1, 0.15) is 23.5 Å². The van der Waals surface area contributed by atoms with Crippen LogP contribution in [0.4, 0.5) is 5.82 Å². The van der Waals surface area contributed by atoms with Gasteiger partial charge in [-0.3, -0.25) is 14.5 Å². The van der Waals surface area contributed by atoms with Crippen molar-refractivity contribution in [1.82, 2.24) is 14.9 Å². The molecule has 2 aromatic rings. The summed E-state index contributed by atoms with van der Waals surface area (Å²) >= 11 is 0. The van der Waals surface area contributed by atoms with E-state index < -0.39 is 5.91 Å². The number of anilines is 1. The zero-order valence-corrected chi connectivity index (χ0v) is 17.6. The molecule has 1 aliphatic carbocycles. The van der Waals surface area contributed by atoms with Crippen molar-refractivity contribution in [2.45, 2.75) is 50.8 Å². The lowest BCUT2D eigenvalue weighted by Crippen LogP contribution is -2.54. The Morgan fingerprint density at radius 3 is 2.61 bits per heavy atom. The lowest BCUT2D eigenvalue weighted by atomic mass is 10.1. The van der Waals surface area contributed by atoms with Gasteiger partial charge in [-0.1, -0.05) is 12.8 Å². The Morgan fingerprint density at radius 1 is 1.32 bits per heavy atom. The van der Waals surface area contributed by atoms with Crippen molar-refractivity contribution in [3.05, 3.63) is 51.6 Å². The fourth-order valence-corrected chi connectivity index (χ4v) is 4.13. The predicted octanol–water partition coefficient (Wildman–Crippen LogP) is 2.05. The van der Waals surface area contributed by atoms with Gasteiger partial charge in [0.05, 0.1) is 11.6 Å². The number of nitrogens with one attached hydrogen (secondary N) is 3. The third-order valence-electron chi connectivity index (χ3n) is 6.08. The molecule has 1 unspecified atom stereocenters. The normalized spacial score (nSPS) is 18.4. The minimum Gasteiger partial charge on any atom is -0.488 e. The lowest BCUT2D eigenvalue weighted by molar-refractivity contribution is -0.00739. The van der Waals surface area contributed by atoms with Crippen LogP contribution in [0.2, 0.25) is 0 Å². The Bertz CT molecular complexity index is 1010. The van der Waals surface area contributed by atoms with Crippen molar-refractivity contribution in [1.29, 1.82) is 5.41 Å². The Kier molecular flexibility index (Phi) is 6.03. The van der Waals surface area contributed by atoms with Crippen molar-refractivity contribution < 1.29 is 9.53 Å². The van der Waals surface area contributed by atoms with Gasteiger partial charge in [0.2, 0.25) is 5.91 Å². The van der Waals surface area contributed by atoms with E-state index in [0.717, 1.165) is 19.1 Å². The van der Waals surface area contributed by atoms with Crippen LogP contribution < -0.4 is 21.3 Å². The number of benzene rings is 1. The van der Waals surface area contributed by atoms with E-state index in [9.17, 15) is 9.59 Å². The summed E-state index contributed by atoms with van der Waals surface area (Å²) in [6.07, 6.45) is 5.54. The third-order valence-corrected chi connectivity index (χ3v) is 6.08. The first-order valence-electron chi connectivity index (χ1n) is 10.7. The van der Waals surface area contributed by atoms with Crippen molar-refractivity contribution in [2.75, 3.05) is 18.4 Å². The molecule has 31 heavy (non-hydrogen) atoms. The number of H-pyrrole nitrogens is 1. The van der Waals surface area contributed by atoms with Gasteiger partial charge in [0.25, 0.3) is 5.56 Å². The molecule has 2 fully saturated rings. The van der Waals surface area contributed by atoms with Crippen LogP contribution in [0, 0.1) is 5.41 Å². The van der Waals surface area contributed by atoms with Crippen molar-refractivity contribution in [3.8, 4) is 5.75 Å². The van der Waals surface area contributed by atoms with E-state index >= 15 is 0 Å². The van der Waals surface area contributed by atoms with Gasteiger partial charge < -0.3 is 26.2 Å². The Balaban J connectivity index is 1.40. The molecule has 164 valence electrons. The first-order chi connectivity index (χ1) is 14.9. The molecule has 1 amide bonds. The summed E-state index contributed by atoms with van der Waals surface area (Å²) in [6.45, 7) is 3.39. The van der Waals surface area contributed by atoms with Gasteiger partial charge in [0, 0.05) is 30.9 Å². The van der Waals surface area contributed by atoms with Crippen LogP contribution in [0.15, 0.2) is 29.1 Å². The zero-order chi connectivity index (χ0) is 22.0. The molecule has 9 heteroatoms. The predicted molar refractivity (Wildman–Crippen MR) is 118 cm³/mol. The molecule has 1 atom stereocenters. The number of primary amides is 1. The summed E-state index contributed by atoms with van der Waals surface area (Å²) in [7, 11) is 0. The van der Waals surface area contributed by atoms with E-state index in [4.69, 9.17) is 15.9 Å². The average molecular weight is 425 g/mol. The summed E-state index contributed by atoms with van der Waals surface area (Å²) in [5.41, 5.74) is 5.68. The molecule has 1 aliphatic heterocycles. The number of ether oxygens (including phenoxy) is 1. The number of carbonyl (C=O) groups excluding carboxylic acids is 1. The quantitative estimate of drug-likeness (QED) is 0.479. The molecular weight excluding hydrogens is 396 g/mol. The smallest absolute Gasteiger partial charge is 0.261 e. The minimum absolute atomic E-state index is 0.0190. The molecule has 0 radical (unpaired) electrons. The number of hydrogen-bond donors (Lipinski definition) is 4. The maximum atomic E-state index is 12.5. The molecule has 2 aliphatic rings. The third kappa shape index (κ3) is 4.61. The fraction of sp³-hybridized carbons (Fsp3) is 0.455. The van der Waals surface area contributed by atoms with Crippen LogP contribution in [0.3, 0.4) is 0 Å². The molecule has 5 N–H and O–H groups in total. The van der Waals surface area contributed by atoms with Crippen molar-refractivity contribution >= 4 is 17.9 Å². The van der Waals surface area contributed by atoms with Gasteiger partial charge >= 0.3 is 0 Å². The van der Waals surface area contributed by atoms with Crippen LogP contribution in [0.5, 0.6) is 5.75 Å². The molecule has 4 rings (SSSR count). The number of aromatic amines is 1. The van der Waals surface area contributed by atoms with Gasteiger partial charge in [0.15, 0.2) is 0 Å². The number of rotatable bonds is 8. The van der Waals surface area contributed by atoms with Crippen molar-refractivity contribution in [2.24, 2.45) is 5.73 Å². The molecule has 1 aromatic heterocycles. The lowest BCUT2D eigenvalue weighted by Gasteiger charge is -2.42. The second-order valence-corrected chi connectivity index (χ2v) is 8.24. The van der Waals surface area contributed by atoms with E-state index in [-0.39, 0.29) is 23.3 Å². The van der Waals surface area contributed by atoms with E-state index in [1.165, 1.54) is 12.8 Å². The number of nitrogens with two attached hydrogens (primary N) is 1. The molecule has 2 heterocycles. The molecule has 0 bridgehead atoms. The summed E-state index contributed by atoms with van der Waals surface area (Å²) in [6, 6.07) is 6.99. The number of nitrogens with zero attached hydrogens (tertiary/aromatic N) is 2. The first-order valence-corrected chi connectivity index (χ1v) is 10.7. The summed E-state index contributed by atoms with van der Waals surface area (Å²) < 4.78 is 5.95. The SMILES string of the molecule is CC(c1nc(NC2CCCC2)c(C=N)c(=O)[nH]1)N1CC(Oc2ccc(C(N)=O)cc2)C1. The molecule has 0 spiro atoms. The maximum Gasteiger partial charge on any atom is 0.261 e. The summed E-state index contributed by atoms with van der Waals surface area (Å²) in [4.78, 5) is 33.4. The average Bonchev–Trinajstić information content (AvgIpc) is 3.23. The number of carbonyl (C=O) groups is 1. The molecule has 1 aromatic carbocycles. The number of aromatic nitrogens is 2. The van der Waals surface area contributed by atoms with Gasteiger partial charge in [-0.05, 0) is 44.0 Å². The minimum atomic E-state index is -0.465. The number of likely N-dealkylation sites (tertiary alicyclic amines) is 1. The van der Waals surface area contributed by atoms with Crippen molar-refractivity contribution in [3.63, 3.8) is 0 Å². The topological polar surface area (TPSA) is 137 Å². The van der Waals surface area contributed by atoms with E-state index in [2.05, 4.69) is 20.2 Å². The van der Waals surface area contributed by atoms with E-state index in [1.54, 1.807) is 24.3 Å². The second-order valence-electron chi connectivity index (χ2n) is 8.24. The maximum absolute atomic E-state index is 12.5.